The highest BCUT2D eigenvalue weighted by Gasteiger charge is 2.15. The highest BCUT2D eigenvalue weighted by Crippen LogP contribution is 2.21. The quantitative estimate of drug-likeness (QED) is 0.672. The SMILES string of the molecule is COc1ccc(-c2nc(SCC(=O)N(CCC#N)CCC#N)n[nH]2)cc1. The summed E-state index contributed by atoms with van der Waals surface area (Å²) >= 11 is 1.21. The Kier molecular flexibility index (Phi) is 7.47. The number of ether oxygens (including phenoxy) is 1. The Bertz CT molecular complexity index is 788. The van der Waals surface area contributed by atoms with Crippen molar-refractivity contribution < 1.29 is 9.53 Å². The molecule has 1 heterocycles. The molecule has 1 aromatic carbocycles. The number of benzene rings is 1. The van der Waals surface area contributed by atoms with Gasteiger partial charge in [-0.15, -0.1) is 5.10 Å². The molecule has 0 radical (unpaired) electrons. The van der Waals surface area contributed by atoms with Crippen molar-refractivity contribution in [2.75, 3.05) is 26.0 Å². The largest absolute Gasteiger partial charge is 0.497 e. The minimum Gasteiger partial charge on any atom is -0.497 e. The van der Waals surface area contributed by atoms with Crippen LogP contribution in [-0.4, -0.2) is 51.9 Å². The summed E-state index contributed by atoms with van der Waals surface area (Å²) in [5, 5.41) is 24.8. The third-order valence-corrected chi connectivity index (χ3v) is 4.32. The zero-order valence-electron chi connectivity index (χ0n) is 14.3. The molecule has 1 aromatic heterocycles. The van der Waals surface area contributed by atoms with Crippen molar-refractivity contribution in [3.63, 3.8) is 0 Å². The number of nitrogens with zero attached hydrogens (tertiary/aromatic N) is 5. The first-order chi connectivity index (χ1) is 12.7. The molecule has 0 saturated carbocycles. The summed E-state index contributed by atoms with van der Waals surface area (Å²) in [6, 6.07) is 11.4. The lowest BCUT2D eigenvalue weighted by Crippen LogP contribution is -2.34. The lowest BCUT2D eigenvalue weighted by atomic mass is 10.2. The molecular formula is C17H18N6O2S. The van der Waals surface area contributed by atoms with Gasteiger partial charge in [-0.3, -0.25) is 9.89 Å². The van der Waals surface area contributed by atoms with E-state index < -0.39 is 0 Å². The van der Waals surface area contributed by atoms with Crippen LogP contribution in [0.2, 0.25) is 0 Å². The molecule has 8 nitrogen and oxygen atoms in total. The van der Waals surface area contributed by atoms with Crippen LogP contribution in [0.4, 0.5) is 0 Å². The van der Waals surface area contributed by atoms with Crippen LogP contribution in [0.1, 0.15) is 12.8 Å². The number of aromatic amines is 1. The minimum atomic E-state index is -0.142. The van der Waals surface area contributed by atoms with Gasteiger partial charge < -0.3 is 9.64 Å². The number of H-pyrrole nitrogens is 1. The maximum Gasteiger partial charge on any atom is 0.233 e. The van der Waals surface area contributed by atoms with Crippen molar-refractivity contribution in [2.24, 2.45) is 0 Å². The molecule has 0 aliphatic heterocycles. The van der Waals surface area contributed by atoms with Crippen LogP contribution in [0.25, 0.3) is 11.4 Å². The van der Waals surface area contributed by atoms with E-state index in [1.165, 1.54) is 16.7 Å². The lowest BCUT2D eigenvalue weighted by Gasteiger charge is -2.19. The second kappa shape index (κ2) is 10.1. The average Bonchev–Trinajstić information content (AvgIpc) is 3.15. The van der Waals surface area contributed by atoms with Gasteiger partial charge in [-0.05, 0) is 24.3 Å². The van der Waals surface area contributed by atoms with Gasteiger partial charge in [0.15, 0.2) is 5.82 Å². The predicted octanol–water partition coefficient (Wildman–Crippen LogP) is 2.23. The molecule has 0 unspecified atom stereocenters. The van der Waals surface area contributed by atoms with Crippen LogP contribution in [0.3, 0.4) is 0 Å². The topological polar surface area (TPSA) is 119 Å². The van der Waals surface area contributed by atoms with Crippen LogP contribution >= 0.6 is 11.8 Å². The van der Waals surface area contributed by atoms with Gasteiger partial charge in [0.05, 0.1) is 37.8 Å². The number of hydrogen-bond acceptors (Lipinski definition) is 7. The summed E-state index contributed by atoms with van der Waals surface area (Å²) in [5.41, 5.74) is 0.862. The predicted molar refractivity (Wildman–Crippen MR) is 96.1 cm³/mol. The molecule has 0 saturated heterocycles. The molecule has 0 bridgehead atoms. The van der Waals surface area contributed by atoms with Crippen molar-refractivity contribution in [3.05, 3.63) is 24.3 Å². The van der Waals surface area contributed by atoms with Crippen LogP contribution in [0.15, 0.2) is 29.4 Å². The molecule has 134 valence electrons. The number of hydrogen-bond donors (Lipinski definition) is 1. The highest BCUT2D eigenvalue weighted by atomic mass is 32.2. The number of nitrogens with one attached hydrogen (secondary N) is 1. The Balaban J connectivity index is 1.94. The molecule has 2 aromatic rings. The number of carbonyl (C=O) groups excluding carboxylic acids is 1. The Morgan fingerprint density at radius 3 is 2.46 bits per heavy atom. The molecule has 2 rings (SSSR count). The minimum absolute atomic E-state index is 0.142. The Morgan fingerprint density at radius 1 is 1.23 bits per heavy atom. The van der Waals surface area contributed by atoms with E-state index in [4.69, 9.17) is 15.3 Å². The maximum atomic E-state index is 12.3. The summed E-state index contributed by atoms with van der Waals surface area (Å²) < 4.78 is 5.12. The first-order valence-corrected chi connectivity index (χ1v) is 8.87. The van der Waals surface area contributed by atoms with E-state index in [-0.39, 0.29) is 24.5 Å². The van der Waals surface area contributed by atoms with E-state index in [1.54, 1.807) is 7.11 Å². The lowest BCUT2D eigenvalue weighted by molar-refractivity contribution is -0.128. The summed E-state index contributed by atoms with van der Waals surface area (Å²) in [6.45, 7) is 0.644. The van der Waals surface area contributed by atoms with Gasteiger partial charge in [0, 0.05) is 18.7 Å². The molecule has 0 aliphatic carbocycles. The second-order valence-electron chi connectivity index (χ2n) is 5.18. The van der Waals surface area contributed by atoms with Crippen molar-refractivity contribution in [1.29, 1.82) is 10.5 Å². The van der Waals surface area contributed by atoms with Crippen LogP contribution in [0, 0.1) is 22.7 Å². The highest BCUT2D eigenvalue weighted by molar-refractivity contribution is 7.99. The smallest absolute Gasteiger partial charge is 0.233 e. The van der Waals surface area contributed by atoms with E-state index in [2.05, 4.69) is 15.2 Å². The van der Waals surface area contributed by atoms with Crippen molar-refractivity contribution >= 4 is 17.7 Å². The first-order valence-electron chi connectivity index (χ1n) is 7.89. The Hall–Kier alpha value is -3.04. The molecule has 0 fully saturated rings. The first kappa shape index (κ1) is 19.3. The van der Waals surface area contributed by atoms with Crippen molar-refractivity contribution in [2.45, 2.75) is 18.0 Å². The number of thioether (sulfide) groups is 1. The molecule has 1 N–H and O–H groups in total. The Labute approximate surface area is 155 Å². The summed E-state index contributed by atoms with van der Waals surface area (Å²) in [4.78, 5) is 18.2. The molecule has 9 heteroatoms. The van der Waals surface area contributed by atoms with Crippen LogP contribution in [-0.2, 0) is 4.79 Å². The number of aromatic nitrogens is 3. The molecule has 0 atom stereocenters. The summed E-state index contributed by atoms with van der Waals surface area (Å²) in [5.74, 6) is 1.37. The Morgan fingerprint density at radius 2 is 1.88 bits per heavy atom. The van der Waals surface area contributed by atoms with Gasteiger partial charge in [-0.25, -0.2) is 4.98 Å². The molecule has 0 aliphatic rings. The zero-order chi connectivity index (χ0) is 18.8. The van der Waals surface area contributed by atoms with Crippen LogP contribution in [0.5, 0.6) is 5.75 Å². The van der Waals surface area contributed by atoms with Gasteiger partial charge in [0.2, 0.25) is 11.1 Å². The number of nitriles is 2. The average molecular weight is 370 g/mol. The van der Waals surface area contributed by atoms with E-state index >= 15 is 0 Å². The monoisotopic (exact) mass is 370 g/mol. The fourth-order valence-electron chi connectivity index (χ4n) is 2.14. The van der Waals surface area contributed by atoms with Gasteiger partial charge >= 0.3 is 0 Å². The fraction of sp³-hybridized carbons (Fsp3) is 0.353. The summed E-state index contributed by atoms with van der Waals surface area (Å²) in [6.07, 6.45) is 0.480. The maximum absolute atomic E-state index is 12.3. The normalized spacial score (nSPS) is 9.96. The number of methoxy groups -OCH3 is 1. The zero-order valence-corrected chi connectivity index (χ0v) is 15.1. The second-order valence-corrected chi connectivity index (χ2v) is 6.12. The third-order valence-electron chi connectivity index (χ3n) is 3.49. The summed E-state index contributed by atoms with van der Waals surface area (Å²) in [7, 11) is 1.60. The van der Waals surface area contributed by atoms with E-state index in [1.807, 2.05) is 36.4 Å². The third kappa shape index (κ3) is 5.50. The molecular weight excluding hydrogens is 352 g/mol. The standard InChI is InChI=1S/C17H18N6O2S/c1-25-14-6-4-13(5-7-14)16-20-17(22-21-16)26-12-15(24)23(10-2-8-18)11-3-9-19/h4-7H,2-3,10-12H2,1H3,(H,20,21,22). The molecule has 0 spiro atoms. The van der Waals surface area contributed by atoms with Gasteiger partial charge in [-0.2, -0.15) is 10.5 Å². The number of amides is 1. The van der Waals surface area contributed by atoms with E-state index in [0.29, 0.717) is 24.1 Å². The van der Waals surface area contributed by atoms with Crippen LogP contribution < -0.4 is 4.74 Å². The number of rotatable bonds is 9. The molecule has 26 heavy (non-hydrogen) atoms. The van der Waals surface area contributed by atoms with Gasteiger partial charge in [-0.1, -0.05) is 11.8 Å². The fourth-order valence-corrected chi connectivity index (χ4v) is 2.84. The van der Waals surface area contributed by atoms with Gasteiger partial charge in [0.1, 0.15) is 5.75 Å². The van der Waals surface area contributed by atoms with Crippen molar-refractivity contribution in [3.8, 4) is 29.3 Å². The van der Waals surface area contributed by atoms with Crippen molar-refractivity contribution in [1.82, 2.24) is 20.1 Å². The van der Waals surface area contributed by atoms with E-state index in [9.17, 15) is 4.79 Å². The van der Waals surface area contributed by atoms with E-state index in [0.717, 1.165) is 11.3 Å². The van der Waals surface area contributed by atoms with Gasteiger partial charge in [0.25, 0.3) is 0 Å². The number of carbonyl (C=O) groups is 1. The molecule has 1 amide bonds.